The largest absolute Gasteiger partial charge is 0.380 e. The van der Waals surface area contributed by atoms with Crippen molar-refractivity contribution in [3.63, 3.8) is 0 Å². The minimum atomic E-state index is 0.355. The molecule has 1 aliphatic rings. The molecule has 0 bridgehead atoms. The Labute approximate surface area is 116 Å². The van der Waals surface area contributed by atoms with E-state index in [-0.39, 0.29) is 0 Å². The van der Waals surface area contributed by atoms with E-state index in [4.69, 9.17) is 10.5 Å². The molecule has 1 saturated heterocycles. The van der Waals surface area contributed by atoms with E-state index in [1.807, 2.05) is 0 Å². The summed E-state index contributed by atoms with van der Waals surface area (Å²) in [7, 11) is 1.74. The van der Waals surface area contributed by atoms with Crippen LogP contribution in [0, 0.1) is 5.92 Å². The fourth-order valence-corrected chi connectivity index (χ4v) is 3.03. The van der Waals surface area contributed by atoms with Gasteiger partial charge in [0.2, 0.25) is 0 Å². The Morgan fingerprint density at radius 2 is 2.32 bits per heavy atom. The summed E-state index contributed by atoms with van der Waals surface area (Å²) in [6.07, 6.45) is 2.59. The second-order valence-electron chi connectivity index (χ2n) is 5.49. The van der Waals surface area contributed by atoms with Crippen LogP contribution in [0.25, 0.3) is 0 Å². The van der Waals surface area contributed by atoms with E-state index in [0.717, 1.165) is 5.92 Å². The number of hydrogen-bond donors (Lipinski definition) is 1. The molecular formula is C16H26N2O. The standard InChI is InChI=1S/C16H26N2O/c1-3-13-7-8-18(11-13)16(10-17)15-6-4-5-14(9-15)12-19-2/h4-6,9,13,16H,3,7-8,10-12,17H2,1-2H3. The summed E-state index contributed by atoms with van der Waals surface area (Å²) in [6.45, 7) is 6.00. The third kappa shape index (κ3) is 3.56. The molecule has 0 spiro atoms. The van der Waals surface area contributed by atoms with Crippen LogP contribution in [0.2, 0.25) is 0 Å². The molecule has 106 valence electrons. The van der Waals surface area contributed by atoms with Crippen molar-refractivity contribution < 1.29 is 4.74 Å². The topological polar surface area (TPSA) is 38.5 Å². The van der Waals surface area contributed by atoms with Crippen LogP contribution in [0.5, 0.6) is 0 Å². The zero-order valence-corrected chi connectivity index (χ0v) is 12.1. The predicted molar refractivity (Wildman–Crippen MR) is 78.9 cm³/mol. The molecule has 3 nitrogen and oxygen atoms in total. The lowest BCUT2D eigenvalue weighted by atomic mass is 10.0. The minimum absolute atomic E-state index is 0.355. The predicted octanol–water partition coefficient (Wildman–Crippen LogP) is 2.56. The molecule has 2 rings (SSSR count). The molecule has 0 aliphatic carbocycles. The van der Waals surface area contributed by atoms with Crippen LogP contribution in [0.15, 0.2) is 24.3 Å². The van der Waals surface area contributed by atoms with Crippen molar-refractivity contribution in [1.82, 2.24) is 4.90 Å². The Kier molecular flexibility index (Phi) is 5.37. The molecule has 0 aromatic heterocycles. The van der Waals surface area contributed by atoms with Gasteiger partial charge in [-0.25, -0.2) is 0 Å². The third-order valence-electron chi connectivity index (χ3n) is 4.21. The maximum absolute atomic E-state index is 6.02. The number of nitrogens with two attached hydrogens (primary N) is 1. The Hall–Kier alpha value is -0.900. The molecular weight excluding hydrogens is 236 g/mol. The number of likely N-dealkylation sites (tertiary alicyclic amines) is 1. The van der Waals surface area contributed by atoms with E-state index in [0.29, 0.717) is 19.2 Å². The summed E-state index contributed by atoms with van der Waals surface area (Å²) in [5, 5.41) is 0. The fourth-order valence-electron chi connectivity index (χ4n) is 3.03. The van der Waals surface area contributed by atoms with Crippen molar-refractivity contribution in [2.45, 2.75) is 32.4 Å². The molecule has 1 fully saturated rings. The smallest absolute Gasteiger partial charge is 0.0713 e. The van der Waals surface area contributed by atoms with Crippen molar-refractivity contribution in [3.8, 4) is 0 Å². The lowest BCUT2D eigenvalue weighted by Crippen LogP contribution is -2.32. The lowest BCUT2D eigenvalue weighted by Gasteiger charge is -2.27. The SMILES string of the molecule is CCC1CCN(C(CN)c2cccc(COC)c2)C1. The Morgan fingerprint density at radius 1 is 1.47 bits per heavy atom. The lowest BCUT2D eigenvalue weighted by molar-refractivity contribution is 0.184. The molecule has 2 N–H and O–H groups in total. The first-order valence-corrected chi connectivity index (χ1v) is 7.30. The number of ether oxygens (including phenoxy) is 1. The highest BCUT2D eigenvalue weighted by Gasteiger charge is 2.27. The summed E-state index contributed by atoms with van der Waals surface area (Å²) in [6, 6.07) is 9.00. The minimum Gasteiger partial charge on any atom is -0.380 e. The molecule has 1 heterocycles. The first-order valence-electron chi connectivity index (χ1n) is 7.30. The molecule has 1 aliphatic heterocycles. The van der Waals surface area contributed by atoms with E-state index in [9.17, 15) is 0 Å². The summed E-state index contributed by atoms with van der Waals surface area (Å²) in [5.74, 6) is 0.844. The molecule has 3 heteroatoms. The Balaban J connectivity index is 2.10. The number of hydrogen-bond acceptors (Lipinski definition) is 3. The second kappa shape index (κ2) is 7.04. The van der Waals surface area contributed by atoms with Crippen LogP contribution in [-0.4, -0.2) is 31.6 Å². The molecule has 2 unspecified atom stereocenters. The highest BCUT2D eigenvalue weighted by atomic mass is 16.5. The van der Waals surface area contributed by atoms with Crippen LogP contribution < -0.4 is 5.73 Å². The number of benzene rings is 1. The first kappa shape index (κ1) is 14.5. The number of methoxy groups -OCH3 is 1. The van der Waals surface area contributed by atoms with Gasteiger partial charge in [-0.2, -0.15) is 0 Å². The molecule has 0 saturated carbocycles. The van der Waals surface area contributed by atoms with Gasteiger partial charge in [0.15, 0.2) is 0 Å². The highest BCUT2D eigenvalue weighted by molar-refractivity contribution is 5.26. The van der Waals surface area contributed by atoms with Crippen molar-refractivity contribution in [2.24, 2.45) is 11.7 Å². The summed E-state index contributed by atoms with van der Waals surface area (Å²) < 4.78 is 5.21. The molecule has 19 heavy (non-hydrogen) atoms. The Morgan fingerprint density at radius 3 is 2.95 bits per heavy atom. The van der Waals surface area contributed by atoms with Crippen LogP contribution in [-0.2, 0) is 11.3 Å². The molecule has 0 amide bonds. The molecule has 1 aromatic rings. The molecule has 1 aromatic carbocycles. The monoisotopic (exact) mass is 262 g/mol. The normalized spacial score (nSPS) is 21.7. The van der Waals surface area contributed by atoms with E-state index in [1.165, 1.54) is 37.1 Å². The van der Waals surface area contributed by atoms with Gasteiger partial charge in [-0.05, 0) is 30.0 Å². The summed E-state index contributed by atoms with van der Waals surface area (Å²) in [4.78, 5) is 2.54. The van der Waals surface area contributed by atoms with Gasteiger partial charge in [0.25, 0.3) is 0 Å². The maximum atomic E-state index is 6.02. The average molecular weight is 262 g/mol. The van der Waals surface area contributed by atoms with Crippen LogP contribution in [0.1, 0.15) is 36.9 Å². The van der Waals surface area contributed by atoms with Crippen LogP contribution in [0.3, 0.4) is 0 Å². The quantitative estimate of drug-likeness (QED) is 0.856. The van der Waals surface area contributed by atoms with Crippen LogP contribution in [0.4, 0.5) is 0 Å². The number of nitrogens with zero attached hydrogens (tertiary/aromatic N) is 1. The van der Waals surface area contributed by atoms with Crippen molar-refractivity contribution in [3.05, 3.63) is 35.4 Å². The molecule has 0 radical (unpaired) electrons. The van der Waals surface area contributed by atoms with Gasteiger partial charge in [0.05, 0.1) is 6.61 Å². The number of rotatable bonds is 6. The van der Waals surface area contributed by atoms with E-state index < -0.39 is 0 Å². The van der Waals surface area contributed by atoms with Crippen molar-refractivity contribution in [2.75, 3.05) is 26.7 Å². The maximum Gasteiger partial charge on any atom is 0.0713 e. The van der Waals surface area contributed by atoms with Gasteiger partial charge in [-0.3, -0.25) is 4.90 Å². The first-order chi connectivity index (χ1) is 9.28. The second-order valence-corrected chi connectivity index (χ2v) is 5.49. The third-order valence-corrected chi connectivity index (χ3v) is 4.21. The van der Waals surface area contributed by atoms with Gasteiger partial charge in [-0.1, -0.05) is 37.6 Å². The van der Waals surface area contributed by atoms with Gasteiger partial charge in [0.1, 0.15) is 0 Å². The zero-order chi connectivity index (χ0) is 13.7. The van der Waals surface area contributed by atoms with E-state index in [1.54, 1.807) is 7.11 Å². The van der Waals surface area contributed by atoms with E-state index >= 15 is 0 Å². The van der Waals surface area contributed by atoms with Gasteiger partial charge < -0.3 is 10.5 Å². The van der Waals surface area contributed by atoms with Gasteiger partial charge in [0, 0.05) is 26.2 Å². The average Bonchev–Trinajstić information content (AvgIpc) is 2.89. The van der Waals surface area contributed by atoms with E-state index in [2.05, 4.69) is 36.1 Å². The Bertz CT molecular complexity index is 394. The molecule has 2 atom stereocenters. The van der Waals surface area contributed by atoms with Gasteiger partial charge >= 0.3 is 0 Å². The summed E-state index contributed by atoms with van der Waals surface area (Å²) in [5.41, 5.74) is 8.58. The zero-order valence-electron chi connectivity index (χ0n) is 12.1. The highest BCUT2D eigenvalue weighted by Crippen LogP contribution is 2.28. The van der Waals surface area contributed by atoms with Crippen molar-refractivity contribution >= 4 is 0 Å². The van der Waals surface area contributed by atoms with Gasteiger partial charge in [-0.15, -0.1) is 0 Å². The van der Waals surface area contributed by atoms with Crippen LogP contribution >= 0.6 is 0 Å². The summed E-state index contributed by atoms with van der Waals surface area (Å²) >= 11 is 0. The van der Waals surface area contributed by atoms with Crippen molar-refractivity contribution in [1.29, 1.82) is 0 Å². The fraction of sp³-hybridized carbons (Fsp3) is 0.625.